The first-order valence-corrected chi connectivity index (χ1v) is 6.70. The van der Waals surface area contributed by atoms with Crippen molar-refractivity contribution in [2.75, 3.05) is 21.3 Å². The molecule has 23 heavy (non-hydrogen) atoms. The van der Waals surface area contributed by atoms with E-state index in [0.717, 1.165) is 6.29 Å². The van der Waals surface area contributed by atoms with Crippen LogP contribution in [0.1, 0.15) is 20.7 Å². The number of esters is 1. The summed E-state index contributed by atoms with van der Waals surface area (Å²) in [6, 6.07) is 9.53. The zero-order valence-corrected chi connectivity index (χ0v) is 13.0. The Hall–Kier alpha value is -3.02. The molecule has 6 heteroatoms. The largest absolute Gasteiger partial charge is 0.493 e. The van der Waals surface area contributed by atoms with Crippen LogP contribution in [0.5, 0.6) is 23.0 Å². The van der Waals surface area contributed by atoms with Crippen LogP contribution in [0.2, 0.25) is 0 Å². The molecular formula is C17H16O6. The molecular weight excluding hydrogens is 300 g/mol. The van der Waals surface area contributed by atoms with Gasteiger partial charge in [-0.05, 0) is 36.4 Å². The maximum atomic E-state index is 11.8. The van der Waals surface area contributed by atoms with Gasteiger partial charge in [0, 0.05) is 5.56 Å². The zero-order valence-electron chi connectivity index (χ0n) is 13.0. The second-order valence-electron chi connectivity index (χ2n) is 4.49. The Labute approximate surface area is 133 Å². The van der Waals surface area contributed by atoms with Crippen molar-refractivity contribution < 1.29 is 28.5 Å². The van der Waals surface area contributed by atoms with Crippen molar-refractivity contribution in [3.8, 4) is 23.0 Å². The van der Waals surface area contributed by atoms with Crippen LogP contribution in [-0.4, -0.2) is 33.6 Å². The van der Waals surface area contributed by atoms with Crippen molar-refractivity contribution in [1.29, 1.82) is 0 Å². The van der Waals surface area contributed by atoms with Gasteiger partial charge in [0.2, 0.25) is 5.75 Å². The Bertz CT molecular complexity index is 706. The highest BCUT2D eigenvalue weighted by atomic mass is 16.5. The van der Waals surface area contributed by atoms with Crippen molar-refractivity contribution >= 4 is 12.3 Å². The molecule has 0 aromatic heterocycles. The molecule has 0 spiro atoms. The highest BCUT2D eigenvalue weighted by Gasteiger charge is 2.18. The summed E-state index contributed by atoms with van der Waals surface area (Å²) in [4.78, 5) is 22.4. The van der Waals surface area contributed by atoms with Gasteiger partial charge in [-0.2, -0.15) is 0 Å². The summed E-state index contributed by atoms with van der Waals surface area (Å²) < 4.78 is 21.0. The Morgan fingerprint density at radius 3 is 2.13 bits per heavy atom. The van der Waals surface area contributed by atoms with Gasteiger partial charge in [-0.1, -0.05) is 0 Å². The lowest BCUT2D eigenvalue weighted by atomic mass is 10.1. The fourth-order valence-electron chi connectivity index (χ4n) is 1.98. The predicted octanol–water partition coefficient (Wildman–Crippen LogP) is 3.10. The smallest absolute Gasteiger partial charge is 0.338 e. The van der Waals surface area contributed by atoms with Gasteiger partial charge in [0.1, 0.15) is 12.0 Å². The molecule has 0 saturated heterocycles. The second-order valence-corrected chi connectivity index (χ2v) is 4.49. The molecule has 6 nitrogen and oxygen atoms in total. The molecule has 0 fully saturated rings. The van der Waals surface area contributed by atoms with Crippen molar-refractivity contribution in [2.45, 2.75) is 0 Å². The van der Waals surface area contributed by atoms with Gasteiger partial charge in [0.25, 0.3) is 0 Å². The minimum absolute atomic E-state index is 0.268. The monoisotopic (exact) mass is 316 g/mol. The lowest BCUT2D eigenvalue weighted by Crippen LogP contribution is -2.04. The average molecular weight is 316 g/mol. The summed E-state index contributed by atoms with van der Waals surface area (Å²) in [5, 5.41) is 0. The first-order valence-electron chi connectivity index (χ1n) is 6.70. The third kappa shape index (κ3) is 3.60. The number of methoxy groups -OCH3 is 3. The molecule has 0 radical (unpaired) electrons. The van der Waals surface area contributed by atoms with E-state index in [4.69, 9.17) is 18.9 Å². The van der Waals surface area contributed by atoms with Gasteiger partial charge >= 0.3 is 5.97 Å². The molecule has 0 amide bonds. The fraction of sp³-hybridized carbons (Fsp3) is 0.176. The van der Waals surface area contributed by atoms with E-state index in [1.54, 1.807) is 24.3 Å². The van der Waals surface area contributed by atoms with E-state index in [2.05, 4.69) is 0 Å². The predicted molar refractivity (Wildman–Crippen MR) is 82.8 cm³/mol. The van der Waals surface area contributed by atoms with Gasteiger partial charge in [0.15, 0.2) is 11.5 Å². The third-order valence-corrected chi connectivity index (χ3v) is 3.11. The number of ether oxygens (including phenoxy) is 4. The number of carbonyl (C=O) groups is 2. The third-order valence-electron chi connectivity index (χ3n) is 3.11. The maximum absolute atomic E-state index is 11.8. The Kier molecular flexibility index (Phi) is 5.19. The normalized spacial score (nSPS) is 9.87. The maximum Gasteiger partial charge on any atom is 0.338 e. The van der Waals surface area contributed by atoms with Gasteiger partial charge < -0.3 is 18.9 Å². The van der Waals surface area contributed by atoms with E-state index >= 15 is 0 Å². The van der Waals surface area contributed by atoms with E-state index in [9.17, 15) is 9.59 Å². The van der Waals surface area contributed by atoms with Gasteiger partial charge in [-0.3, -0.25) is 4.79 Å². The first kappa shape index (κ1) is 16.4. The topological polar surface area (TPSA) is 71.1 Å². The number of rotatable bonds is 6. The molecule has 0 atom stereocenters. The summed E-state index contributed by atoms with van der Waals surface area (Å²) >= 11 is 0. The summed E-state index contributed by atoms with van der Waals surface area (Å²) in [6.45, 7) is 0. The van der Waals surface area contributed by atoms with Crippen molar-refractivity contribution in [3.05, 3.63) is 47.5 Å². The van der Waals surface area contributed by atoms with Gasteiger partial charge in [-0.25, -0.2) is 4.79 Å². The van der Waals surface area contributed by atoms with Crippen molar-refractivity contribution in [2.24, 2.45) is 0 Å². The van der Waals surface area contributed by atoms with Crippen LogP contribution in [0, 0.1) is 0 Å². The van der Waals surface area contributed by atoms with Crippen molar-refractivity contribution in [3.63, 3.8) is 0 Å². The van der Waals surface area contributed by atoms with Crippen LogP contribution in [0.3, 0.4) is 0 Å². The molecule has 0 unspecified atom stereocenters. The molecule has 0 aliphatic carbocycles. The van der Waals surface area contributed by atoms with Crippen LogP contribution in [-0.2, 0) is 4.74 Å². The van der Waals surface area contributed by atoms with E-state index < -0.39 is 5.97 Å². The number of aldehydes is 1. The van der Waals surface area contributed by atoms with Crippen LogP contribution in [0.4, 0.5) is 0 Å². The summed E-state index contributed by atoms with van der Waals surface area (Å²) in [5.41, 5.74) is 0.801. The van der Waals surface area contributed by atoms with Crippen molar-refractivity contribution in [1.82, 2.24) is 0 Å². The Morgan fingerprint density at radius 1 is 0.957 bits per heavy atom. The number of hydrogen-bond donors (Lipinski definition) is 0. The molecule has 0 heterocycles. The quantitative estimate of drug-likeness (QED) is 0.602. The highest BCUT2D eigenvalue weighted by Crippen LogP contribution is 2.40. The summed E-state index contributed by atoms with van der Waals surface area (Å²) in [6.07, 6.45) is 0.741. The molecule has 2 aromatic rings. The number of benzene rings is 2. The molecule has 2 rings (SSSR count). The van der Waals surface area contributed by atoms with E-state index in [1.807, 2.05) is 0 Å². The molecule has 0 aliphatic heterocycles. The lowest BCUT2D eigenvalue weighted by Gasteiger charge is -2.15. The van der Waals surface area contributed by atoms with E-state index in [1.165, 1.54) is 33.5 Å². The number of hydrogen-bond acceptors (Lipinski definition) is 6. The van der Waals surface area contributed by atoms with Crippen LogP contribution < -0.4 is 14.2 Å². The Balaban J connectivity index is 2.44. The number of carbonyl (C=O) groups excluding carboxylic acids is 2. The fourth-order valence-corrected chi connectivity index (χ4v) is 1.98. The van der Waals surface area contributed by atoms with Gasteiger partial charge in [-0.15, -0.1) is 0 Å². The highest BCUT2D eigenvalue weighted by molar-refractivity contribution is 5.91. The summed E-state index contributed by atoms with van der Waals surface area (Å²) in [7, 11) is 4.22. The molecule has 0 aliphatic rings. The Morgan fingerprint density at radius 2 is 1.61 bits per heavy atom. The van der Waals surface area contributed by atoms with E-state index in [0.29, 0.717) is 28.6 Å². The van der Waals surface area contributed by atoms with Crippen LogP contribution in [0.25, 0.3) is 0 Å². The first-order chi connectivity index (χ1) is 11.1. The standard InChI is InChI=1S/C17H16O6/c1-20-14-8-12(17(19)22-3)9-15(16(14)21-2)23-13-6-4-11(10-18)5-7-13/h4-10H,1-3H3. The van der Waals surface area contributed by atoms with Gasteiger partial charge in [0.05, 0.1) is 26.9 Å². The molecule has 120 valence electrons. The molecule has 2 aromatic carbocycles. The zero-order chi connectivity index (χ0) is 16.8. The SMILES string of the molecule is COC(=O)c1cc(OC)c(OC)c(Oc2ccc(C=O)cc2)c1. The minimum Gasteiger partial charge on any atom is -0.493 e. The van der Waals surface area contributed by atoms with Crippen LogP contribution >= 0.6 is 0 Å². The van der Waals surface area contributed by atoms with Crippen LogP contribution in [0.15, 0.2) is 36.4 Å². The van der Waals surface area contributed by atoms with E-state index in [-0.39, 0.29) is 5.56 Å². The average Bonchev–Trinajstić information content (AvgIpc) is 2.60. The minimum atomic E-state index is -0.521. The second kappa shape index (κ2) is 7.31. The molecule has 0 saturated carbocycles. The molecule has 0 N–H and O–H groups in total. The lowest BCUT2D eigenvalue weighted by molar-refractivity contribution is 0.0599. The molecule has 0 bridgehead atoms. The summed E-state index contributed by atoms with van der Waals surface area (Å²) in [5.74, 6) is 0.950.